The first-order valence-electron chi connectivity index (χ1n) is 5.92. The molecule has 0 aromatic heterocycles. The zero-order valence-corrected chi connectivity index (χ0v) is 12.3. The number of hydrogen-bond acceptors (Lipinski definition) is 4. The third-order valence-corrected chi connectivity index (χ3v) is 2.89. The van der Waals surface area contributed by atoms with Crippen molar-refractivity contribution in [1.29, 1.82) is 0 Å². The van der Waals surface area contributed by atoms with E-state index in [1.54, 1.807) is 24.3 Å². The van der Waals surface area contributed by atoms with Gasteiger partial charge in [-0.2, -0.15) is 0 Å². The first-order valence-corrected chi connectivity index (χ1v) is 6.29. The van der Waals surface area contributed by atoms with Crippen molar-refractivity contribution in [3.63, 3.8) is 0 Å². The molecule has 0 amide bonds. The molecule has 0 saturated heterocycles. The summed E-state index contributed by atoms with van der Waals surface area (Å²) >= 11 is 4.69. The van der Waals surface area contributed by atoms with Gasteiger partial charge in [0, 0.05) is 18.8 Å². The second-order valence-corrected chi connectivity index (χ2v) is 4.26. The monoisotopic (exact) mass is 307 g/mol. The van der Waals surface area contributed by atoms with Crippen molar-refractivity contribution in [3.05, 3.63) is 66.2 Å². The van der Waals surface area contributed by atoms with E-state index >= 15 is 0 Å². The third-order valence-electron chi connectivity index (χ3n) is 2.63. The van der Waals surface area contributed by atoms with Crippen LogP contribution in [-0.2, 0) is 23.6 Å². The van der Waals surface area contributed by atoms with Gasteiger partial charge in [0.1, 0.15) is 5.75 Å². The highest BCUT2D eigenvalue weighted by molar-refractivity contribution is 7.47. The zero-order chi connectivity index (χ0) is 13.5. The third kappa shape index (κ3) is 4.72. The number of carbonyl (C=O) groups excluding carboxylic acids is 1. The molecule has 2 aromatic rings. The quantitative estimate of drug-likeness (QED) is 0.628. The molecule has 0 saturated carbocycles. The van der Waals surface area contributed by atoms with Crippen LogP contribution in [0.2, 0.25) is 0 Å². The van der Waals surface area contributed by atoms with E-state index in [0.717, 1.165) is 5.56 Å². The molecule has 0 bridgehead atoms. The molecule has 0 spiro atoms. The maximum atomic E-state index is 12.0. The molecule has 0 aliphatic rings. The zero-order valence-electron chi connectivity index (χ0n) is 10.6. The lowest BCUT2D eigenvalue weighted by Crippen LogP contribution is -2.26. The Morgan fingerprint density at radius 1 is 1.05 bits per heavy atom. The van der Waals surface area contributed by atoms with E-state index in [9.17, 15) is 4.79 Å². The van der Waals surface area contributed by atoms with Gasteiger partial charge in [0.25, 0.3) is 0 Å². The lowest BCUT2D eigenvalue weighted by Gasteiger charge is -2.10. The fourth-order valence-electron chi connectivity index (χ4n) is 1.67. The Bertz CT molecular complexity index is 548. The van der Waals surface area contributed by atoms with Crippen LogP contribution in [0, 0.1) is 0 Å². The van der Waals surface area contributed by atoms with Gasteiger partial charge in [0.2, 0.25) is 0 Å². The summed E-state index contributed by atoms with van der Waals surface area (Å²) in [5.74, 6) is 0.0780. The van der Waals surface area contributed by atoms with Crippen molar-refractivity contribution in [3.8, 4) is 5.75 Å². The molecule has 20 heavy (non-hydrogen) atoms. The minimum atomic E-state index is -0.655. The summed E-state index contributed by atoms with van der Waals surface area (Å²) in [6, 6.07) is 17.9. The summed E-state index contributed by atoms with van der Waals surface area (Å²) in [6.07, 6.45) is 0.454. The second-order valence-electron chi connectivity index (χ2n) is 4.05. The molecule has 3 nitrogen and oxygen atoms in total. The number of rotatable bonds is 5. The lowest BCUT2D eigenvalue weighted by molar-refractivity contribution is -0.135. The average Bonchev–Trinajstić information content (AvgIpc) is 2.47. The highest BCUT2D eigenvalue weighted by atomic mass is 35.5. The Morgan fingerprint density at radius 3 is 2.15 bits per heavy atom. The molecule has 0 N–H and O–H groups in total. The summed E-state index contributed by atoms with van der Waals surface area (Å²) in [5.41, 5.74) is 1.01. The smallest absolute Gasteiger partial charge is 0.337 e. The molecule has 5 heteroatoms. The molecule has 0 fully saturated rings. The van der Waals surface area contributed by atoms with Crippen LogP contribution in [0.15, 0.2) is 65.0 Å². The van der Waals surface area contributed by atoms with Gasteiger partial charge in [-0.15, -0.1) is 12.4 Å². The highest BCUT2D eigenvalue weighted by Crippen LogP contribution is 2.12. The number of nitrogens with zero attached hydrogens (tertiary/aromatic N) is 1. The van der Waals surface area contributed by atoms with Crippen LogP contribution >= 0.6 is 12.4 Å². The van der Waals surface area contributed by atoms with Crippen molar-refractivity contribution in [2.75, 3.05) is 0 Å². The fraction of sp³-hybridized carbons (Fsp3) is 0.133. The van der Waals surface area contributed by atoms with Crippen molar-refractivity contribution in [2.24, 2.45) is 4.36 Å². The minimum Gasteiger partial charge on any atom is -0.425 e. The topological polar surface area (TPSA) is 38.7 Å². The van der Waals surface area contributed by atoms with Gasteiger partial charge in [-0.1, -0.05) is 48.5 Å². The van der Waals surface area contributed by atoms with Crippen LogP contribution in [0.3, 0.4) is 0 Å². The molecule has 0 aliphatic carbocycles. The summed E-state index contributed by atoms with van der Waals surface area (Å²) < 4.78 is 8.93. The molecule has 0 aliphatic heterocycles. The number of halogens is 1. The molecular formula is C15H14ClNO2S. The first-order chi connectivity index (χ1) is 9.29. The molecule has 0 radical (unpaired) electrons. The Balaban J connectivity index is 0.00000200. The van der Waals surface area contributed by atoms with Gasteiger partial charge in [0.15, 0.2) is 6.04 Å². The normalized spacial score (nSPS) is 11.0. The molecule has 104 valence electrons. The van der Waals surface area contributed by atoms with E-state index in [-0.39, 0.29) is 12.4 Å². The number of hydrogen-bond donors (Lipinski definition) is 0. The van der Waals surface area contributed by atoms with Gasteiger partial charge < -0.3 is 4.74 Å². The molecule has 0 unspecified atom stereocenters. The molecule has 1 atom stereocenters. The predicted octanol–water partition coefficient (Wildman–Crippen LogP) is 3.36. The van der Waals surface area contributed by atoms with Gasteiger partial charge >= 0.3 is 5.97 Å². The molecule has 0 heterocycles. The van der Waals surface area contributed by atoms with Crippen molar-refractivity contribution in [2.45, 2.75) is 12.5 Å². The van der Waals surface area contributed by atoms with E-state index in [0.29, 0.717) is 12.2 Å². The van der Waals surface area contributed by atoms with E-state index in [2.05, 4.69) is 16.8 Å². The number of benzene rings is 2. The number of para-hydroxylation sites is 1. The Morgan fingerprint density at radius 2 is 1.60 bits per heavy atom. The molecular weight excluding hydrogens is 294 g/mol. The fourth-order valence-corrected chi connectivity index (χ4v) is 1.83. The van der Waals surface area contributed by atoms with Gasteiger partial charge in [-0.05, 0) is 17.7 Å². The van der Waals surface area contributed by atoms with Crippen LogP contribution in [0.5, 0.6) is 5.75 Å². The van der Waals surface area contributed by atoms with Crippen LogP contribution in [0.25, 0.3) is 0 Å². The largest absolute Gasteiger partial charge is 0.425 e. The van der Waals surface area contributed by atoms with Crippen LogP contribution in [0.4, 0.5) is 0 Å². The lowest BCUT2D eigenvalue weighted by atomic mass is 10.1. The van der Waals surface area contributed by atoms with E-state index in [1.165, 1.54) is 0 Å². The standard InChI is InChI=1S/C15H13NO2S.ClH/c17-15(18-13-9-5-2-6-10-13)14(16-19)11-12-7-3-1-4-8-12;/h1-10,14H,11H2;1H/t14-;/m0./s1. The number of ether oxygens (including phenoxy) is 1. The van der Waals surface area contributed by atoms with Gasteiger partial charge in [0.05, 0.1) is 0 Å². The molecule has 2 aromatic carbocycles. The van der Waals surface area contributed by atoms with Crippen molar-refractivity contribution >= 4 is 30.8 Å². The van der Waals surface area contributed by atoms with Crippen molar-refractivity contribution in [1.82, 2.24) is 0 Å². The van der Waals surface area contributed by atoms with Crippen LogP contribution in [-0.4, -0.2) is 12.0 Å². The van der Waals surface area contributed by atoms with Crippen LogP contribution < -0.4 is 4.74 Å². The predicted molar refractivity (Wildman–Crippen MR) is 83.1 cm³/mol. The Hall–Kier alpha value is -1.78. The van der Waals surface area contributed by atoms with E-state index < -0.39 is 12.0 Å². The van der Waals surface area contributed by atoms with Gasteiger partial charge in [-0.25, -0.2) is 9.16 Å². The summed E-state index contributed by atoms with van der Waals surface area (Å²) in [4.78, 5) is 12.0. The minimum absolute atomic E-state index is 0. The van der Waals surface area contributed by atoms with E-state index in [1.807, 2.05) is 36.4 Å². The molecule has 2 rings (SSSR count). The SMILES string of the molecule is Cl.O=C(Oc1ccccc1)[C@H](Cc1ccccc1)N=S. The highest BCUT2D eigenvalue weighted by Gasteiger charge is 2.20. The summed E-state index contributed by atoms with van der Waals surface area (Å²) in [6.45, 7) is 0. The second kappa shape index (κ2) is 8.40. The van der Waals surface area contributed by atoms with Crippen molar-refractivity contribution < 1.29 is 9.53 Å². The summed E-state index contributed by atoms with van der Waals surface area (Å²) in [7, 11) is 0. The Kier molecular flexibility index (Phi) is 6.84. The maximum Gasteiger partial charge on any atom is 0.337 e. The summed E-state index contributed by atoms with van der Waals surface area (Å²) in [5, 5.41) is 0. The first kappa shape index (κ1) is 16.3. The van der Waals surface area contributed by atoms with Gasteiger partial charge in [-0.3, -0.25) is 0 Å². The Labute approximate surface area is 129 Å². The maximum absolute atomic E-state index is 12.0. The number of esters is 1. The van der Waals surface area contributed by atoms with E-state index in [4.69, 9.17) is 4.74 Å². The van der Waals surface area contributed by atoms with Crippen LogP contribution in [0.1, 0.15) is 5.56 Å². The average molecular weight is 308 g/mol. The number of carbonyl (C=O) groups is 1.